The average Bonchev–Trinajstić information content (AvgIpc) is 2.44. The Morgan fingerprint density at radius 2 is 2.10 bits per heavy atom. The molecule has 0 fully saturated rings. The molecule has 0 heterocycles. The number of nitrogens with one attached hydrogen (secondary N) is 1. The van der Waals surface area contributed by atoms with Crippen LogP contribution in [-0.2, 0) is 21.2 Å². The molecule has 0 spiro atoms. The second-order valence-electron chi connectivity index (χ2n) is 4.44. The van der Waals surface area contributed by atoms with E-state index in [1.807, 2.05) is 0 Å². The van der Waals surface area contributed by atoms with Gasteiger partial charge in [0, 0.05) is 13.7 Å². The second kappa shape index (κ2) is 7.51. The van der Waals surface area contributed by atoms with Crippen LogP contribution in [0.3, 0.4) is 0 Å². The minimum atomic E-state index is -3.88. The van der Waals surface area contributed by atoms with Gasteiger partial charge in [-0.05, 0) is 24.1 Å². The Morgan fingerprint density at radius 3 is 2.62 bits per heavy atom. The van der Waals surface area contributed by atoms with E-state index in [-0.39, 0.29) is 23.6 Å². The molecule has 1 aromatic carbocycles. The Hall–Kier alpha value is -1.48. The fourth-order valence-electron chi connectivity index (χ4n) is 1.77. The lowest BCUT2D eigenvalue weighted by atomic mass is 10.1. The van der Waals surface area contributed by atoms with Crippen molar-refractivity contribution in [1.29, 1.82) is 0 Å². The highest BCUT2D eigenvalue weighted by Crippen LogP contribution is 2.17. The summed E-state index contributed by atoms with van der Waals surface area (Å²) in [4.78, 5) is 11.0. The number of carbonyl (C=O) groups is 1. The number of hydrogen-bond donors (Lipinski definition) is 3. The van der Waals surface area contributed by atoms with Crippen LogP contribution in [0.4, 0.5) is 0 Å². The third kappa shape index (κ3) is 4.78. The van der Waals surface area contributed by atoms with Crippen molar-refractivity contribution >= 4 is 16.0 Å². The molecule has 0 saturated heterocycles. The number of aryl methyl sites for hydroxylation is 1. The molecule has 21 heavy (non-hydrogen) atoms. The van der Waals surface area contributed by atoms with E-state index in [0.717, 1.165) is 6.07 Å². The topological polar surface area (TPSA) is 113 Å². The lowest BCUT2D eigenvalue weighted by Crippen LogP contribution is -2.34. The van der Waals surface area contributed by atoms with Gasteiger partial charge in [-0.15, -0.1) is 0 Å². The molecule has 7 nitrogen and oxygen atoms in total. The lowest BCUT2D eigenvalue weighted by molar-refractivity contribution is 0.0678. The van der Waals surface area contributed by atoms with Crippen LogP contribution in [0.5, 0.6) is 0 Å². The van der Waals surface area contributed by atoms with E-state index in [9.17, 15) is 18.3 Å². The standard InChI is InChI=1S/C13H19NO6S/c1-3-9-4-5-11(6-12(9)13(16)17)21(18,19)14-7-10(15)8-20-2/h4-6,10,14-15H,3,7-8H2,1-2H3,(H,16,17). The summed E-state index contributed by atoms with van der Waals surface area (Å²) in [6.45, 7) is 1.57. The van der Waals surface area contributed by atoms with Gasteiger partial charge in [0.1, 0.15) is 0 Å². The fraction of sp³-hybridized carbons (Fsp3) is 0.462. The first-order valence-corrected chi connectivity index (χ1v) is 7.83. The Labute approximate surface area is 123 Å². The number of aromatic carboxylic acids is 1. The molecular weight excluding hydrogens is 298 g/mol. The summed E-state index contributed by atoms with van der Waals surface area (Å²) in [5.41, 5.74) is 0.513. The van der Waals surface area contributed by atoms with Crippen LogP contribution in [0.25, 0.3) is 0 Å². The quantitative estimate of drug-likeness (QED) is 0.633. The zero-order valence-electron chi connectivity index (χ0n) is 11.9. The van der Waals surface area contributed by atoms with Crippen molar-refractivity contribution in [1.82, 2.24) is 4.72 Å². The van der Waals surface area contributed by atoms with Gasteiger partial charge in [-0.25, -0.2) is 17.9 Å². The van der Waals surface area contributed by atoms with Crippen molar-refractivity contribution in [2.24, 2.45) is 0 Å². The number of benzene rings is 1. The van der Waals surface area contributed by atoms with Crippen molar-refractivity contribution in [3.05, 3.63) is 29.3 Å². The number of aliphatic hydroxyl groups excluding tert-OH is 1. The van der Waals surface area contributed by atoms with Crippen LogP contribution in [-0.4, -0.2) is 51.0 Å². The molecule has 8 heteroatoms. The van der Waals surface area contributed by atoms with Gasteiger partial charge in [-0.1, -0.05) is 13.0 Å². The third-order valence-corrected chi connectivity index (χ3v) is 4.29. The lowest BCUT2D eigenvalue weighted by Gasteiger charge is -2.12. The van der Waals surface area contributed by atoms with Crippen LogP contribution in [0.1, 0.15) is 22.8 Å². The number of aliphatic hydroxyl groups is 1. The molecule has 118 valence electrons. The van der Waals surface area contributed by atoms with Gasteiger partial charge in [0.25, 0.3) is 0 Å². The number of carboxylic acid groups (broad SMARTS) is 1. The summed E-state index contributed by atoms with van der Waals surface area (Å²) in [6.07, 6.45) is -0.485. The Morgan fingerprint density at radius 1 is 1.43 bits per heavy atom. The first-order valence-electron chi connectivity index (χ1n) is 6.34. The van der Waals surface area contributed by atoms with Crippen molar-refractivity contribution in [2.45, 2.75) is 24.3 Å². The van der Waals surface area contributed by atoms with Crippen LogP contribution >= 0.6 is 0 Å². The van der Waals surface area contributed by atoms with Gasteiger partial charge >= 0.3 is 5.97 Å². The molecule has 3 N–H and O–H groups in total. The van der Waals surface area contributed by atoms with Crippen molar-refractivity contribution < 1.29 is 28.2 Å². The summed E-state index contributed by atoms with van der Waals surface area (Å²) < 4.78 is 31.0. The van der Waals surface area contributed by atoms with E-state index in [1.165, 1.54) is 19.2 Å². The summed E-state index contributed by atoms with van der Waals surface area (Å²) in [5, 5.41) is 18.5. The molecule has 1 rings (SSSR count). The molecule has 0 radical (unpaired) electrons. The van der Waals surface area contributed by atoms with E-state index in [2.05, 4.69) is 4.72 Å². The smallest absolute Gasteiger partial charge is 0.336 e. The SMILES string of the molecule is CCc1ccc(S(=O)(=O)NCC(O)COC)cc1C(=O)O. The van der Waals surface area contributed by atoms with Gasteiger partial charge in [0.15, 0.2) is 0 Å². The molecule has 1 aromatic rings. The van der Waals surface area contributed by atoms with E-state index >= 15 is 0 Å². The monoisotopic (exact) mass is 317 g/mol. The van der Waals surface area contributed by atoms with E-state index in [4.69, 9.17) is 9.84 Å². The number of rotatable bonds is 8. The van der Waals surface area contributed by atoms with Gasteiger partial charge < -0.3 is 14.9 Å². The Bertz CT molecular complexity index is 599. The maximum atomic E-state index is 12.1. The minimum Gasteiger partial charge on any atom is -0.478 e. The number of hydrogen-bond acceptors (Lipinski definition) is 5. The molecule has 0 aliphatic carbocycles. The zero-order chi connectivity index (χ0) is 16.0. The highest BCUT2D eigenvalue weighted by atomic mass is 32.2. The maximum Gasteiger partial charge on any atom is 0.336 e. The van der Waals surface area contributed by atoms with E-state index in [1.54, 1.807) is 6.92 Å². The molecule has 0 aliphatic rings. The summed E-state index contributed by atoms with van der Waals surface area (Å²) in [7, 11) is -2.49. The molecule has 0 amide bonds. The first-order chi connectivity index (χ1) is 9.81. The molecule has 1 unspecified atom stereocenters. The molecule has 0 aliphatic heterocycles. The van der Waals surface area contributed by atoms with Crippen LogP contribution in [0.2, 0.25) is 0 Å². The molecule has 0 bridgehead atoms. The van der Waals surface area contributed by atoms with Crippen molar-refractivity contribution in [3.8, 4) is 0 Å². The zero-order valence-corrected chi connectivity index (χ0v) is 12.7. The molecule has 0 aromatic heterocycles. The predicted molar refractivity (Wildman–Crippen MR) is 75.9 cm³/mol. The van der Waals surface area contributed by atoms with Gasteiger partial charge in [-0.2, -0.15) is 0 Å². The first kappa shape index (κ1) is 17.6. The van der Waals surface area contributed by atoms with E-state index < -0.39 is 22.1 Å². The van der Waals surface area contributed by atoms with E-state index in [0.29, 0.717) is 12.0 Å². The number of carboxylic acids is 1. The van der Waals surface area contributed by atoms with Crippen LogP contribution in [0.15, 0.2) is 23.1 Å². The Balaban J connectivity index is 2.98. The highest BCUT2D eigenvalue weighted by Gasteiger charge is 2.19. The number of ether oxygens (including phenoxy) is 1. The number of sulfonamides is 1. The fourth-order valence-corrected chi connectivity index (χ4v) is 2.87. The Kier molecular flexibility index (Phi) is 6.28. The van der Waals surface area contributed by atoms with Crippen molar-refractivity contribution in [2.75, 3.05) is 20.3 Å². The average molecular weight is 317 g/mol. The largest absolute Gasteiger partial charge is 0.478 e. The van der Waals surface area contributed by atoms with Gasteiger partial charge in [0.2, 0.25) is 10.0 Å². The molecule has 0 saturated carbocycles. The second-order valence-corrected chi connectivity index (χ2v) is 6.21. The normalized spacial score (nSPS) is 13.1. The van der Waals surface area contributed by atoms with Gasteiger partial charge in [-0.3, -0.25) is 0 Å². The predicted octanol–water partition coefficient (Wildman–Crippen LogP) is 0.233. The summed E-state index contributed by atoms with van der Waals surface area (Å²) >= 11 is 0. The highest BCUT2D eigenvalue weighted by molar-refractivity contribution is 7.89. The summed E-state index contributed by atoms with van der Waals surface area (Å²) in [6, 6.07) is 3.94. The molecular formula is C13H19NO6S. The third-order valence-electron chi connectivity index (χ3n) is 2.87. The maximum absolute atomic E-state index is 12.1. The minimum absolute atomic E-state index is 0.00231. The van der Waals surface area contributed by atoms with Gasteiger partial charge in [0.05, 0.1) is 23.2 Å². The van der Waals surface area contributed by atoms with Crippen molar-refractivity contribution in [3.63, 3.8) is 0 Å². The summed E-state index contributed by atoms with van der Waals surface area (Å²) in [5.74, 6) is -1.18. The molecule has 1 atom stereocenters. The number of methoxy groups -OCH3 is 1. The van der Waals surface area contributed by atoms with Crippen LogP contribution < -0.4 is 4.72 Å². The van der Waals surface area contributed by atoms with Crippen LogP contribution in [0, 0.1) is 0 Å².